The smallest absolute Gasteiger partial charge is 0.133 e. The van der Waals surface area contributed by atoms with Gasteiger partial charge in [-0.1, -0.05) is 6.92 Å². The molecule has 0 bridgehead atoms. The van der Waals surface area contributed by atoms with Crippen LogP contribution in [0.3, 0.4) is 0 Å². The van der Waals surface area contributed by atoms with Gasteiger partial charge in [-0.05, 0) is 40.3 Å². The summed E-state index contributed by atoms with van der Waals surface area (Å²) in [5.41, 5.74) is 0.880. The van der Waals surface area contributed by atoms with Crippen LogP contribution in [-0.4, -0.2) is 23.7 Å². The zero-order valence-electron chi connectivity index (χ0n) is 9.65. The lowest BCUT2D eigenvalue weighted by molar-refractivity contribution is 0.281. The number of aliphatic hydroxyl groups excluding tert-OH is 1. The van der Waals surface area contributed by atoms with E-state index < -0.39 is 0 Å². The molecule has 1 aromatic heterocycles. The van der Waals surface area contributed by atoms with Crippen molar-refractivity contribution < 1.29 is 5.11 Å². The van der Waals surface area contributed by atoms with Gasteiger partial charge in [0, 0.05) is 29.8 Å². The molecule has 88 valence electrons. The molecule has 1 aliphatic carbocycles. The van der Waals surface area contributed by atoms with Gasteiger partial charge in [-0.2, -0.15) is 0 Å². The molecule has 0 radical (unpaired) electrons. The van der Waals surface area contributed by atoms with Crippen molar-refractivity contribution in [2.24, 2.45) is 11.8 Å². The Kier molecular flexibility index (Phi) is 3.50. The van der Waals surface area contributed by atoms with E-state index in [4.69, 9.17) is 0 Å². The maximum Gasteiger partial charge on any atom is 0.133 e. The van der Waals surface area contributed by atoms with Gasteiger partial charge in [0.15, 0.2) is 0 Å². The molecule has 0 saturated heterocycles. The summed E-state index contributed by atoms with van der Waals surface area (Å²) >= 11 is 3.37. The Morgan fingerprint density at radius 3 is 2.88 bits per heavy atom. The fraction of sp³-hybridized carbons (Fsp3) is 0.583. The van der Waals surface area contributed by atoms with Crippen molar-refractivity contribution in [1.82, 2.24) is 4.98 Å². The van der Waals surface area contributed by atoms with Gasteiger partial charge in [0.1, 0.15) is 5.82 Å². The molecule has 1 aliphatic rings. The number of rotatable bonds is 4. The average Bonchev–Trinajstić information content (AvgIpc) is 2.93. The van der Waals surface area contributed by atoms with E-state index in [2.05, 4.69) is 32.7 Å². The first-order valence-electron chi connectivity index (χ1n) is 5.58. The van der Waals surface area contributed by atoms with Crippen molar-refractivity contribution >= 4 is 21.7 Å². The molecule has 0 aromatic carbocycles. The summed E-state index contributed by atoms with van der Waals surface area (Å²) < 4.78 is 0.911. The molecule has 2 unspecified atom stereocenters. The molecular weight excluding hydrogens is 268 g/mol. The van der Waals surface area contributed by atoms with E-state index in [1.165, 1.54) is 6.42 Å². The van der Waals surface area contributed by atoms with E-state index in [1.807, 2.05) is 13.1 Å². The highest BCUT2D eigenvalue weighted by molar-refractivity contribution is 9.10. The quantitative estimate of drug-likeness (QED) is 0.923. The predicted octanol–water partition coefficient (Wildman–Crippen LogP) is 2.43. The molecule has 2 rings (SSSR count). The molecule has 1 aromatic rings. The minimum atomic E-state index is 0.0341. The number of anilines is 1. The van der Waals surface area contributed by atoms with E-state index in [0.29, 0.717) is 0 Å². The minimum absolute atomic E-state index is 0.0341. The van der Waals surface area contributed by atoms with Crippen LogP contribution in [0.5, 0.6) is 0 Å². The maximum atomic E-state index is 9.31. The second kappa shape index (κ2) is 4.72. The summed E-state index contributed by atoms with van der Waals surface area (Å²) in [6.07, 6.45) is 3.09. The molecule has 0 amide bonds. The number of halogens is 1. The molecule has 1 fully saturated rings. The summed E-state index contributed by atoms with van der Waals surface area (Å²) in [6, 6.07) is 1.93. The van der Waals surface area contributed by atoms with Crippen LogP contribution in [-0.2, 0) is 6.61 Å². The first-order valence-corrected chi connectivity index (χ1v) is 6.37. The highest BCUT2D eigenvalue weighted by Crippen LogP contribution is 2.38. The van der Waals surface area contributed by atoms with Crippen LogP contribution in [0.25, 0.3) is 0 Å². The molecule has 2 atom stereocenters. The number of hydrogen-bond donors (Lipinski definition) is 1. The van der Waals surface area contributed by atoms with Crippen molar-refractivity contribution in [3.63, 3.8) is 0 Å². The third-order valence-corrected chi connectivity index (χ3v) is 3.66. The molecule has 3 nitrogen and oxygen atoms in total. The lowest BCUT2D eigenvalue weighted by Crippen LogP contribution is -2.23. The lowest BCUT2D eigenvalue weighted by atomic mass is 10.2. The summed E-state index contributed by atoms with van der Waals surface area (Å²) in [7, 11) is 2.04. The predicted molar refractivity (Wildman–Crippen MR) is 68.4 cm³/mol. The van der Waals surface area contributed by atoms with Crippen molar-refractivity contribution in [3.05, 3.63) is 22.3 Å². The van der Waals surface area contributed by atoms with Crippen LogP contribution in [0.2, 0.25) is 0 Å². The number of aromatic nitrogens is 1. The number of hydrogen-bond acceptors (Lipinski definition) is 3. The number of nitrogens with zero attached hydrogens (tertiary/aromatic N) is 2. The van der Waals surface area contributed by atoms with Crippen LogP contribution in [0.1, 0.15) is 18.9 Å². The van der Waals surface area contributed by atoms with Crippen molar-refractivity contribution in [2.75, 3.05) is 18.5 Å². The molecule has 16 heavy (non-hydrogen) atoms. The van der Waals surface area contributed by atoms with Crippen LogP contribution < -0.4 is 4.90 Å². The van der Waals surface area contributed by atoms with Crippen LogP contribution >= 0.6 is 15.9 Å². The van der Waals surface area contributed by atoms with Crippen LogP contribution in [0.4, 0.5) is 5.82 Å². The van der Waals surface area contributed by atoms with Gasteiger partial charge < -0.3 is 10.0 Å². The van der Waals surface area contributed by atoms with Gasteiger partial charge in [-0.15, -0.1) is 0 Å². The third kappa shape index (κ3) is 2.55. The van der Waals surface area contributed by atoms with Crippen molar-refractivity contribution in [3.8, 4) is 0 Å². The van der Waals surface area contributed by atoms with E-state index in [0.717, 1.165) is 34.2 Å². The summed E-state index contributed by atoms with van der Waals surface area (Å²) in [6.45, 7) is 3.34. The van der Waals surface area contributed by atoms with Gasteiger partial charge in [-0.3, -0.25) is 0 Å². The Morgan fingerprint density at radius 2 is 2.31 bits per heavy atom. The normalized spacial score (nSPS) is 23.2. The highest BCUT2D eigenvalue weighted by Gasteiger charge is 2.33. The number of aliphatic hydroxyl groups is 1. The SMILES string of the molecule is CC1CC1CN(C)c1ncc(Br)cc1CO. The minimum Gasteiger partial charge on any atom is -0.392 e. The van der Waals surface area contributed by atoms with E-state index >= 15 is 0 Å². The topological polar surface area (TPSA) is 36.4 Å². The molecular formula is C12H17BrN2O. The fourth-order valence-corrected chi connectivity index (χ4v) is 2.40. The third-order valence-electron chi connectivity index (χ3n) is 3.23. The van der Waals surface area contributed by atoms with Crippen molar-refractivity contribution in [2.45, 2.75) is 20.0 Å². The highest BCUT2D eigenvalue weighted by atomic mass is 79.9. The largest absolute Gasteiger partial charge is 0.392 e. The van der Waals surface area contributed by atoms with Crippen molar-refractivity contribution in [1.29, 1.82) is 0 Å². The Bertz CT molecular complexity index is 383. The molecule has 1 N–H and O–H groups in total. The summed E-state index contributed by atoms with van der Waals surface area (Å²) in [4.78, 5) is 6.52. The van der Waals surface area contributed by atoms with E-state index in [9.17, 15) is 5.11 Å². The van der Waals surface area contributed by atoms with Crippen LogP contribution in [0.15, 0.2) is 16.7 Å². The zero-order valence-corrected chi connectivity index (χ0v) is 11.2. The molecule has 1 heterocycles. The average molecular weight is 285 g/mol. The second-order valence-electron chi connectivity index (χ2n) is 4.65. The van der Waals surface area contributed by atoms with E-state index in [-0.39, 0.29) is 6.61 Å². The lowest BCUT2D eigenvalue weighted by Gasteiger charge is -2.20. The Morgan fingerprint density at radius 1 is 1.62 bits per heavy atom. The molecule has 4 heteroatoms. The first-order chi connectivity index (χ1) is 7.61. The Balaban J connectivity index is 2.12. The van der Waals surface area contributed by atoms with Crippen LogP contribution in [0, 0.1) is 11.8 Å². The Hall–Kier alpha value is -0.610. The monoisotopic (exact) mass is 284 g/mol. The van der Waals surface area contributed by atoms with Gasteiger partial charge in [0.2, 0.25) is 0 Å². The molecule has 1 saturated carbocycles. The van der Waals surface area contributed by atoms with Gasteiger partial charge in [-0.25, -0.2) is 4.98 Å². The molecule has 0 aliphatic heterocycles. The fourth-order valence-electron chi connectivity index (χ4n) is 2.03. The number of pyridine rings is 1. The second-order valence-corrected chi connectivity index (χ2v) is 5.56. The van der Waals surface area contributed by atoms with Gasteiger partial charge in [0.05, 0.1) is 6.61 Å². The van der Waals surface area contributed by atoms with E-state index in [1.54, 1.807) is 6.20 Å². The first kappa shape index (κ1) is 11.9. The maximum absolute atomic E-state index is 9.31. The van der Waals surface area contributed by atoms with Gasteiger partial charge >= 0.3 is 0 Å². The molecule has 0 spiro atoms. The summed E-state index contributed by atoms with van der Waals surface area (Å²) in [5.74, 6) is 2.53. The van der Waals surface area contributed by atoms with Gasteiger partial charge in [0.25, 0.3) is 0 Å². The standard InChI is InChI=1S/C12H17BrN2O/c1-8-3-9(8)6-15(2)12-10(7-16)4-11(13)5-14-12/h4-5,8-9,16H,3,6-7H2,1-2H3. The zero-order chi connectivity index (χ0) is 11.7. The Labute approximate surface area is 105 Å². The summed E-state index contributed by atoms with van der Waals surface area (Å²) in [5, 5.41) is 9.31.